The first kappa shape index (κ1) is 9.02. The lowest BCUT2D eigenvalue weighted by atomic mass is 10.2. The molecule has 4 nitrogen and oxygen atoms in total. The van der Waals surface area contributed by atoms with Crippen LogP contribution in [0.25, 0.3) is 0 Å². The molecule has 1 aliphatic heterocycles. The molecule has 3 N–H and O–H groups in total. The van der Waals surface area contributed by atoms with Gasteiger partial charge in [0.15, 0.2) is 0 Å². The molecule has 0 atom stereocenters. The van der Waals surface area contributed by atoms with Crippen LogP contribution in [0.5, 0.6) is 0 Å². The summed E-state index contributed by atoms with van der Waals surface area (Å²) in [4.78, 5) is 4.20. The van der Waals surface area contributed by atoms with Crippen molar-refractivity contribution < 1.29 is 0 Å². The average Bonchev–Trinajstić information content (AvgIpc) is 2.72. The number of hydrogen-bond acceptors (Lipinski definition) is 4. The fourth-order valence-corrected chi connectivity index (χ4v) is 1.31. The molecule has 0 unspecified atom stereocenters. The molecule has 1 aliphatic rings. The number of nitrogens with one attached hydrogen (secondary N) is 3. The lowest BCUT2D eigenvalue weighted by Gasteiger charge is -2.07. The maximum atomic E-state index is 4.20. The molecule has 74 valence electrons. The number of hydrogen-bond donors (Lipinski definition) is 3. The van der Waals surface area contributed by atoms with Crippen LogP contribution < -0.4 is 16.2 Å². The van der Waals surface area contributed by atoms with Gasteiger partial charge >= 0.3 is 0 Å². The van der Waals surface area contributed by atoms with Crippen LogP contribution >= 0.6 is 0 Å². The van der Waals surface area contributed by atoms with E-state index >= 15 is 0 Å². The molecule has 0 radical (unpaired) electrons. The molecule has 0 saturated heterocycles. The number of hydrazine groups is 1. The molecule has 0 bridgehead atoms. The summed E-state index contributed by atoms with van der Waals surface area (Å²) >= 11 is 0. The van der Waals surface area contributed by atoms with Crippen molar-refractivity contribution in [2.24, 2.45) is 4.99 Å². The second kappa shape index (κ2) is 4.62. The van der Waals surface area contributed by atoms with Crippen LogP contribution in [0.3, 0.4) is 0 Å². The van der Waals surface area contributed by atoms with Crippen molar-refractivity contribution in [1.29, 1.82) is 0 Å². The first-order valence-corrected chi connectivity index (χ1v) is 4.76. The van der Waals surface area contributed by atoms with E-state index in [0.29, 0.717) is 0 Å². The van der Waals surface area contributed by atoms with E-state index in [2.05, 4.69) is 33.3 Å². The van der Waals surface area contributed by atoms with Crippen molar-refractivity contribution >= 4 is 5.96 Å². The lowest BCUT2D eigenvalue weighted by molar-refractivity contribution is 0.642. The van der Waals surface area contributed by atoms with Gasteiger partial charge in [-0.15, -0.1) is 0 Å². The Bertz CT molecular complexity index is 307. The van der Waals surface area contributed by atoms with Crippen LogP contribution in [0.1, 0.15) is 5.56 Å². The quantitative estimate of drug-likeness (QED) is 0.598. The second-order valence-electron chi connectivity index (χ2n) is 3.12. The molecule has 0 saturated carbocycles. The zero-order valence-electron chi connectivity index (χ0n) is 7.96. The molecule has 2 rings (SSSR count). The highest BCUT2D eigenvalue weighted by Gasteiger charge is 2.01. The topological polar surface area (TPSA) is 48.5 Å². The van der Waals surface area contributed by atoms with Crippen LogP contribution in [0.4, 0.5) is 0 Å². The summed E-state index contributed by atoms with van der Waals surface area (Å²) < 4.78 is 0. The average molecular weight is 190 g/mol. The van der Waals surface area contributed by atoms with E-state index in [-0.39, 0.29) is 0 Å². The van der Waals surface area contributed by atoms with Crippen molar-refractivity contribution in [1.82, 2.24) is 16.2 Å². The number of aliphatic imine (C=N–C) groups is 1. The van der Waals surface area contributed by atoms with E-state index in [9.17, 15) is 0 Å². The number of nitrogens with zero attached hydrogens (tertiary/aromatic N) is 1. The molecule has 4 heteroatoms. The van der Waals surface area contributed by atoms with Crippen LogP contribution in [0, 0.1) is 0 Å². The Hall–Kier alpha value is -1.55. The van der Waals surface area contributed by atoms with Gasteiger partial charge in [-0.2, -0.15) is 0 Å². The Kier molecular flexibility index (Phi) is 2.98. The summed E-state index contributed by atoms with van der Waals surface area (Å²) in [5.41, 5.74) is 7.37. The summed E-state index contributed by atoms with van der Waals surface area (Å²) in [6.07, 6.45) is 0. The molecule has 0 aromatic heterocycles. The fraction of sp³-hybridized carbons (Fsp3) is 0.300. The number of rotatable bonds is 3. The third-order valence-electron chi connectivity index (χ3n) is 2.02. The Labute approximate surface area is 83.4 Å². The Morgan fingerprint density at radius 2 is 2.14 bits per heavy atom. The van der Waals surface area contributed by atoms with Crippen LogP contribution in [0.2, 0.25) is 0 Å². The van der Waals surface area contributed by atoms with Crippen LogP contribution in [-0.2, 0) is 6.54 Å². The van der Waals surface area contributed by atoms with Gasteiger partial charge in [-0.1, -0.05) is 30.3 Å². The van der Waals surface area contributed by atoms with E-state index < -0.39 is 0 Å². The van der Waals surface area contributed by atoms with E-state index in [0.717, 1.165) is 25.6 Å². The number of guanidine groups is 1. The predicted octanol–water partition coefficient (Wildman–Crippen LogP) is 0.240. The normalized spacial score (nSPS) is 14.7. The third kappa shape index (κ3) is 2.47. The predicted molar refractivity (Wildman–Crippen MR) is 56.7 cm³/mol. The third-order valence-corrected chi connectivity index (χ3v) is 2.02. The minimum atomic E-state index is 0.793. The van der Waals surface area contributed by atoms with Crippen molar-refractivity contribution in [2.75, 3.05) is 13.1 Å². The monoisotopic (exact) mass is 190 g/mol. The Balaban J connectivity index is 1.73. The van der Waals surface area contributed by atoms with Crippen LogP contribution in [-0.4, -0.2) is 19.0 Å². The maximum absolute atomic E-state index is 4.20. The highest BCUT2D eigenvalue weighted by Crippen LogP contribution is 1.96. The zero-order chi connectivity index (χ0) is 9.64. The first-order valence-electron chi connectivity index (χ1n) is 4.76. The second-order valence-corrected chi connectivity index (χ2v) is 3.12. The Morgan fingerprint density at radius 3 is 2.86 bits per heavy atom. The van der Waals surface area contributed by atoms with E-state index in [1.54, 1.807) is 0 Å². The first-order chi connectivity index (χ1) is 6.95. The van der Waals surface area contributed by atoms with Gasteiger partial charge < -0.3 is 5.32 Å². The summed E-state index contributed by atoms with van der Waals surface area (Å²) in [6.45, 7) is 2.58. The van der Waals surface area contributed by atoms with Gasteiger partial charge in [-0.25, -0.2) is 5.43 Å². The zero-order valence-corrected chi connectivity index (χ0v) is 7.96. The van der Waals surface area contributed by atoms with E-state index in [1.807, 2.05) is 18.2 Å². The number of benzene rings is 1. The van der Waals surface area contributed by atoms with Crippen molar-refractivity contribution in [3.8, 4) is 0 Å². The summed E-state index contributed by atoms with van der Waals surface area (Å²) in [6, 6.07) is 10.2. The molecular formula is C10H14N4. The van der Waals surface area contributed by atoms with Gasteiger partial charge in [-0.05, 0) is 5.56 Å². The van der Waals surface area contributed by atoms with E-state index in [1.165, 1.54) is 5.56 Å². The highest BCUT2D eigenvalue weighted by atomic mass is 15.4. The molecule has 1 heterocycles. The summed E-state index contributed by atoms with van der Waals surface area (Å²) in [7, 11) is 0. The molecule has 0 fully saturated rings. The lowest BCUT2D eigenvalue weighted by Crippen LogP contribution is -2.42. The van der Waals surface area contributed by atoms with Crippen molar-refractivity contribution in [2.45, 2.75) is 6.54 Å². The van der Waals surface area contributed by atoms with Gasteiger partial charge in [0.25, 0.3) is 0 Å². The standard InChI is InChI=1S/C10H14N4/c1-2-4-9(5-3-1)8-13-14-10-11-6-7-12-10/h1-5,13H,6-8H2,(H2,11,12,14). The Morgan fingerprint density at radius 1 is 1.29 bits per heavy atom. The fourth-order valence-electron chi connectivity index (χ4n) is 1.31. The molecular weight excluding hydrogens is 176 g/mol. The molecule has 0 aliphatic carbocycles. The highest BCUT2D eigenvalue weighted by molar-refractivity contribution is 5.80. The molecule has 0 amide bonds. The van der Waals surface area contributed by atoms with Crippen molar-refractivity contribution in [3.63, 3.8) is 0 Å². The molecule has 1 aromatic rings. The van der Waals surface area contributed by atoms with Gasteiger partial charge in [0.05, 0.1) is 6.54 Å². The van der Waals surface area contributed by atoms with Crippen LogP contribution in [0.15, 0.2) is 35.3 Å². The summed E-state index contributed by atoms with van der Waals surface area (Å²) in [5.74, 6) is 0.834. The summed E-state index contributed by atoms with van der Waals surface area (Å²) in [5, 5.41) is 3.12. The maximum Gasteiger partial charge on any atom is 0.206 e. The largest absolute Gasteiger partial charge is 0.353 e. The van der Waals surface area contributed by atoms with Gasteiger partial charge in [0, 0.05) is 13.1 Å². The van der Waals surface area contributed by atoms with Gasteiger partial charge in [0.2, 0.25) is 5.96 Å². The van der Waals surface area contributed by atoms with E-state index in [4.69, 9.17) is 0 Å². The van der Waals surface area contributed by atoms with Gasteiger partial charge in [-0.3, -0.25) is 10.4 Å². The SMILES string of the molecule is c1ccc(CNNC2=NCCN2)cc1. The van der Waals surface area contributed by atoms with Crippen molar-refractivity contribution in [3.05, 3.63) is 35.9 Å². The molecule has 0 spiro atoms. The van der Waals surface area contributed by atoms with Gasteiger partial charge in [0.1, 0.15) is 0 Å². The minimum absolute atomic E-state index is 0.793. The molecule has 1 aromatic carbocycles. The molecule has 14 heavy (non-hydrogen) atoms. The minimum Gasteiger partial charge on any atom is -0.353 e. The smallest absolute Gasteiger partial charge is 0.206 e.